The highest BCUT2D eigenvalue weighted by molar-refractivity contribution is 6.16. The summed E-state index contributed by atoms with van der Waals surface area (Å²) in [6.07, 6.45) is 2.92. The van der Waals surface area contributed by atoms with Gasteiger partial charge in [0.15, 0.2) is 12.1 Å². The Balaban J connectivity index is 1.45. The van der Waals surface area contributed by atoms with E-state index in [-0.39, 0.29) is 23.9 Å². The maximum atomic E-state index is 11.4. The highest BCUT2D eigenvalue weighted by atomic mass is 16.6. The van der Waals surface area contributed by atoms with Crippen molar-refractivity contribution in [3.8, 4) is 0 Å². The Morgan fingerprint density at radius 2 is 1.70 bits per heavy atom. The van der Waals surface area contributed by atoms with Crippen molar-refractivity contribution in [3.05, 3.63) is 95.1 Å². The minimum Gasteiger partial charge on any atom is -0.362 e. The summed E-state index contributed by atoms with van der Waals surface area (Å²) < 4.78 is 7.92. The van der Waals surface area contributed by atoms with Crippen molar-refractivity contribution in [2.24, 2.45) is 4.99 Å². The monoisotopic (exact) mass is 431 g/mol. The number of methoxy groups -OCH3 is 1. The Labute approximate surface area is 191 Å². The first kappa shape index (κ1) is 18.1. The van der Waals surface area contributed by atoms with E-state index < -0.39 is 5.79 Å². The third-order valence-electron chi connectivity index (χ3n) is 8.37. The van der Waals surface area contributed by atoms with Crippen LogP contribution in [0, 0.1) is 0 Å². The highest BCUT2D eigenvalue weighted by Crippen LogP contribution is 2.59. The van der Waals surface area contributed by atoms with Gasteiger partial charge in [-0.25, -0.2) is 4.58 Å². The topological polar surface area (TPSA) is 44.8 Å². The summed E-state index contributed by atoms with van der Waals surface area (Å²) in [5, 5.41) is 16.4. The van der Waals surface area contributed by atoms with Gasteiger partial charge >= 0.3 is 0 Å². The molecule has 0 radical (unpaired) electrons. The van der Waals surface area contributed by atoms with Crippen LogP contribution in [0.4, 0.5) is 0 Å². The van der Waals surface area contributed by atoms with E-state index in [1.165, 1.54) is 49.5 Å². The molecule has 160 valence electrons. The molecule has 0 spiro atoms. The van der Waals surface area contributed by atoms with Gasteiger partial charge in [0.25, 0.3) is 6.34 Å². The molecule has 4 aromatic rings. The summed E-state index contributed by atoms with van der Waals surface area (Å²) in [5.74, 6) is -1.10. The average molecular weight is 432 g/mol. The molecule has 33 heavy (non-hydrogen) atoms. The molecule has 1 saturated carbocycles. The number of hydrogen-bond acceptors (Lipinski definition) is 3. The normalized spacial score (nSPS) is 30.6. The molecule has 0 saturated heterocycles. The molecule has 4 heteroatoms. The van der Waals surface area contributed by atoms with Gasteiger partial charge in [-0.05, 0) is 44.3 Å². The lowest BCUT2D eigenvalue weighted by molar-refractivity contribution is -0.443. The van der Waals surface area contributed by atoms with Crippen molar-refractivity contribution in [1.29, 1.82) is 0 Å². The fraction of sp³-hybridized carbons (Fsp3) is 0.241. The van der Waals surface area contributed by atoms with Crippen molar-refractivity contribution in [1.82, 2.24) is 0 Å². The summed E-state index contributed by atoms with van der Waals surface area (Å²) in [6.45, 7) is 0. The summed E-state index contributed by atoms with van der Waals surface area (Å²) in [6, 6.07) is 26.3. The van der Waals surface area contributed by atoms with E-state index in [2.05, 4.69) is 77.4 Å². The molecule has 5 unspecified atom stereocenters. The van der Waals surface area contributed by atoms with Crippen LogP contribution in [-0.4, -0.2) is 46.7 Å². The van der Waals surface area contributed by atoms with E-state index in [1.54, 1.807) is 7.11 Å². The van der Waals surface area contributed by atoms with Crippen LogP contribution < -0.4 is 0 Å². The van der Waals surface area contributed by atoms with Crippen LogP contribution in [-0.2, 0) is 11.2 Å². The molecule has 2 heterocycles. The largest absolute Gasteiger partial charge is 0.362 e. The van der Waals surface area contributed by atoms with E-state index in [0.717, 1.165) is 6.42 Å². The Hall–Kier alpha value is -3.34. The molecule has 2 aliphatic carbocycles. The molecule has 2 aliphatic heterocycles. The third-order valence-corrected chi connectivity index (χ3v) is 8.37. The standard InChI is InChI=1S/C29H23N2O2/c1-33-29(32)26-21-11-10-16-6-4-5-9-20(16)24(21)27-25-22-13-18-8-3-2-7-17(18)12-19(22)14-23(25)30-15-31(27)28(26)29/h2-13,15,23,25-26,28,32H,14H2,1H3/q+1. The van der Waals surface area contributed by atoms with Gasteiger partial charge in [0.2, 0.25) is 5.79 Å². The van der Waals surface area contributed by atoms with Crippen LogP contribution in [0.25, 0.3) is 21.5 Å². The van der Waals surface area contributed by atoms with Crippen LogP contribution in [0.15, 0.2) is 77.8 Å². The zero-order valence-corrected chi connectivity index (χ0v) is 18.3. The lowest BCUT2D eigenvalue weighted by Crippen LogP contribution is -2.40. The van der Waals surface area contributed by atoms with Crippen LogP contribution >= 0.6 is 0 Å². The van der Waals surface area contributed by atoms with Crippen molar-refractivity contribution < 1.29 is 14.4 Å². The number of nitrogens with zero attached hydrogens (tertiary/aromatic N) is 2. The van der Waals surface area contributed by atoms with E-state index >= 15 is 0 Å². The fourth-order valence-electron chi connectivity index (χ4n) is 6.85. The average Bonchev–Trinajstić information content (AvgIpc) is 3.33. The number of ether oxygens (including phenoxy) is 1. The Morgan fingerprint density at radius 1 is 0.939 bits per heavy atom. The second-order valence-electron chi connectivity index (χ2n) is 9.83. The third kappa shape index (κ3) is 2.14. The number of benzene rings is 4. The number of hydrogen-bond donors (Lipinski definition) is 1. The predicted molar refractivity (Wildman–Crippen MR) is 129 cm³/mol. The van der Waals surface area contributed by atoms with E-state index in [0.29, 0.717) is 0 Å². The van der Waals surface area contributed by atoms with E-state index in [4.69, 9.17) is 9.73 Å². The predicted octanol–water partition coefficient (Wildman–Crippen LogP) is 4.36. The lowest BCUT2D eigenvalue weighted by Gasteiger charge is -2.27. The zero-order chi connectivity index (χ0) is 21.9. The Morgan fingerprint density at radius 3 is 2.52 bits per heavy atom. The molecule has 8 rings (SSSR count). The SMILES string of the molecule is COC1(O)C2c3ccc4ccccc4c3C3=[N+](C=NC4Cc5cc6ccccc6cc5C34)C21. The van der Waals surface area contributed by atoms with Crippen molar-refractivity contribution in [2.45, 2.75) is 36.1 Å². The van der Waals surface area contributed by atoms with Crippen molar-refractivity contribution >= 4 is 33.6 Å². The Kier molecular flexibility index (Phi) is 3.27. The van der Waals surface area contributed by atoms with Gasteiger partial charge in [-0.1, -0.05) is 71.7 Å². The molecule has 0 amide bonds. The fourth-order valence-corrected chi connectivity index (χ4v) is 6.85. The van der Waals surface area contributed by atoms with Gasteiger partial charge in [0.05, 0.1) is 11.8 Å². The van der Waals surface area contributed by atoms with Gasteiger partial charge in [-0.2, -0.15) is 0 Å². The first-order valence-corrected chi connectivity index (χ1v) is 11.7. The van der Waals surface area contributed by atoms with Crippen LogP contribution in [0.1, 0.15) is 34.1 Å². The minimum absolute atomic E-state index is 0.0775. The maximum absolute atomic E-state index is 11.4. The molecule has 1 fully saturated rings. The van der Waals surface area contributed by atoms with Crippen molar-refractivity contribution in [2.75, 3.05) is 7.11 Å². The summed E-state index contributed by atoms with van der Waals surface area (Å²) >= 11 is 0. The maximum Gasteiger partial charge on any atom is 0.281 e. The first-order chi connectivity index (χ1) is 16.2. The first-order valence-electron chi connectivity index (χ1n) is 11.7. The Bertz CT molecular complexity index is 1590. The summed E-state index contributed by atoms with van der Waals surface area (Å²) in [5.41, 5.74) is 6.47. The number of aliphatic imine (C=N–C) groups is 1. The van der Waals surface area contributed by atoms with E-state index in [9.17, 15) is 5.11 Å². The molecule has 1 N–H and O–H groups in total. The molecule has 0 aromatic heterocycles. The smallest absolute Gasteiger partial charge is 0.281 e. The molecular formula is C29H23N2O2+. The minimum atomic E-state index is -1.19. The highest BCUT2D eigenvalue weighted by Gasteiger charge is 2.74. The van der Waals surface area contributed by atoms with Gasteiger partial charge < -0.3 is 9.84 Å². The van der Waals surface area contributed by atoms with Crippen LogP contribution in [0.2, 0.25) is 0 Å². The number of fused-ring (bicyclic) bond motifs is 12. The zero-order valence-electron chi connectivity index (χ0n) is 18.3. The molecule has 4 nitrogen and oxygen atoms in total. The van der Waals surface area contributed by atoms with Crippen LogP contribution in [0.3, 0.4) is 0 Å². The van der Waals surface area contributed by atoms with Gasteiger partial charge in [-0.15, -0.1) is 0 Å². The quantitative estimate of drug-likeness (QED) is 0.360. The van der Waals surface area contributed by atoms with Crippen LogP contribution in [0.5, 0.6) is 0 Å². The molecule has 5 atom stereocenters. The lowest BCUT2D eigenvalue weighted by atomic mass is 9.81. The molecular weight excluding hydrogens is 408 g/mol. The van der Waals surface area contributed by atoms with Gasteiger partial charge in [0, 0.05) is 19.1 Å². The molecule has 0 bridgehead atoms. The second-order valence-corrected chi connectivity index (χ2v) is 9.83. The number of rotatable bonds is 1. The second kappa shape index (κ2) is 5.96. The van der Waals surface area contributed by atoms with Gasteiger partial charge in [-0.3, -0.25) is 0 Å². The molecule has 4 aliphatic rings. The van der Waals surface area contributed by atoms with Gasteiger partial charge in [0.1, 0.15) is 5.71 Å². The summed E-state index contributed by atoms with van der Waals surface area (Å²) in [7, 11) is 1.61. The molecule has 4 aromatic carbocycles. The van der Waals surface area contributed by atoms with Crippen molar-refractivity contribution in [3.63, 3.8) is 0 Å². The van der Waals surface area contributed by atoms with E-state index in [1.807, 2.05) is 6.34 Å². The summed E-state index contributed by atoms with van der Waals surface area (Å²) in [4.78, 5) is 5.02. The number of aliphatic hydroxyl groups is 1.